The van der Waals surface area contributed by atoms with E-state index in [-0.39, 0.29) is 17.9 Å². The second kappa shape index (κ2) is 7.97. The molecule has 1 heterocycles. The zero-order valence-electron chi connectivity index (χ0n) is 13.8. The van der Waals surface area contributed by atoms with E-state index in [1.807, 2.05) is 13.8 Å². The number of benzene rings is 1. The first-order valence-corrected chi connectivity index (χ1v) is 7.92. The first-order valence-electron chi connectivity index (χ1n) is 7.92. The summed E-state index contributed by atoms with van der Waals surface area (Å²) in [7, 11) is 1.33. The molecular weight excluding hydrogens is 296 g/mol. The van der Waals surface area contributed by atoms with E-state index < -0.39 is 5.97 Å². The maximum absolute atomic E-state index is 12.4. The molecule has 1 aliphatic rings. The van der Waals surface area contributed by atoms with Gasteiger partial charge < -0.3 is 20.1 Å². The quantitative estimate of drug-likeness (QED) is 0.813. The Hall–Kier alpha value is -2.08. The minimum Gasteiger partial charge on any atom is -0.489 e. The second-order valence-corrected chi connectivity index (χ2v) is 5.88. The predicted molar refractivity (Wildman–Crippen MR) is 87.8 cm³/mol. The third-order valence-corrected chi connectivity index (χ3v) is 3.73. The Morgan fingerprint density at radius 1 is 1.26 bits per heavy atom. The molecule has 0 saturated carbocycles. The van der Waals surface area contributed by atoms with Crippen LogP contribution >= 0.6 is 0 Å². The van der Waals surface area contributed by atoms with E-state index in [0.717, 1.165) is 25.9 Å². The van der Waals surface area contributed by atoms with Gasteiger partial charge in [-0.3, -0.25) is 4.79 Å². The molecule has 1 fully saturated rings. The van der Waals surface area contributed by atoms with E-state index in [1.165, 1.54) is 7.11 Å². The smallest absolute Gasteiger partial charge is 0.337 e. The molecule has 0 spiro atoms. The minimum atomic E-state index is -0.446. The van der Waals surface area contributed by atoms with E-state index >= 15 is 0 Å². The second-order valence-electron chi connectivity index (χ2n) is 5.88. The molecule has 23 heavy (non-hydrogen) atoms. The lowest BCUT2D eigenvalue weighted by atomic mass is 9.97. The van der Waals surface area contributed by atoms with Crippen molar-refractivity contribution >= 4 is 17.6 Å². The van der Waals surface area contributed by atoms with Crippen molar-refractivity contribution in [1.29, 1.82) is 0 Å². The van der Waals surface area contributed by atoms with Gasteiger partial charge in [0, 0.05) is 5.92 Å². The lowest BCUT2D eigenvalue weighted by Gasteiger charge is -2.23. The van der Waals surface area contributed by atoms with Gasteiger partial charge in [0.25, 0.3) is 0 Å². The van der Waals surface area contributed by atoms with Crippen LogP contribution in [0.1, 0.15) is 37.0 Å². The first-order chi connectivity index (χ1) is 11.0. The molecule has 0 aliphatic carbocycles. The Balaban J connectivity index is 2.21. The van der Waals surface area contributed by atoms with Gasteiger partial charge in [-0.2, -0.15) is 0 Å². The average Bonchev–Trinajstić information content (AvgIpc) is 2.56. The zero-order chi connectivity index (χ0) is 16.8. The summed E-state index contributed by atoms with van der Waals surface area (Å²) in [5.74, 6) is 0.0421. The molecular formula is C17H24N2O4. The van der Waals surface area contributed by atoms with Crippen molar-refractivity contribution in [1.82, 2.24) is 5.32 Å². The van der Waals surface area contributed by atoms with Gasteiger partial charge in [-0.05, 0) is 58.0 Å². The van der Waals surface area contributed by atoms with Crippen LogP contribution in [0.25, 0.3) is 0 Å². The SMILES string of the molecule is COC(=O)c1ccc(OC(C)C)c(NC(=O)C2CCNCC2)c1. The molecule has 6 heteroatoms. The Morgan fingerprint density at radius 3 is 2.57 bits per heavy atom. The van der Waals surface area contributed by atoms with Crippen LogP contribution in [0, 0.1) is 5.92 Å². The Morgan fingerprint density at radius 2 is 1.96 bits per heavy atom. The third kappa shape index (κ3) is 4.69. The molecule has 0 radical (unpaired) electrons. The molecule has 126 valence electrons. The molecule has 1 aromatic rings. The van der Waals surface area contributed by atoms with Gasteiger partial charge in [0.05, 0.1) is 24.5 Å². The van der Waals surface area contributed by atoms with Gasteiger partial charge in [0.15, 0.2) is 0 Å². The number of hydrogen-bond acceptors (Lipinski definition) is 5. The zero-order valence-corrected chi connectivity index (χ0v) is 13.8. The fourth-order valence-electron chi connectivity index (χ4n) is 2.55. The molecule has 1 aromatic carbocycles. The predicted octanol–water partition coefficient (Wildman–Crippen LogP) is 2.20. The van der Waals surface area contributed by atoms with E-state index in [9.17, 15) is 9.59 Å². The number of hydrogen-bond donors (Lipinski definition) is 2. The Bertz CT molecular complexity index is 566. The maximum Gasteiger partial charge on any atom is 0.337 e. The average molecular weight is 320 g/mol. The maximum atomic E-state index is 12.4. The lowest BCUT2D eigenvalue weighted by Crippen LogP contribution is -2.34. The van der Waals surface area contributed by atoms with Crippen LogP contribution in [0.15, 0.2) is 18.2 Å². The number of carbonyl (C=O) groups excluding carboxylic acids is 2. The van der Waals surface area contributed by atoms with Gasteiger partial charge >= 0.3 is 5.97 Å². The molecule has 1 amide bonds. The standard InChI is InChI=1S/C17H24N2O4/c1-11(2)23-15-5-4-13(17(21)22-3)10-14(15)19-16(20)12-6-8-18-9-7-12/h4-5,10-12,18H,6-9H2,1-3H3,(H,19,20). The molecule has 2 N–H and O–H groups in total. The summed E-state index contributed by atoms with van der Waals surface area (Å²) in [6, 6.07) is 4.91. The fraction of sp³-hybridized carbons (Fsp3) is 0.529. The summed E-state index contributed by atoms with van der Waals surface area (Å²) in [4.78, 5) is 24.1. The van der Waals surface area contributed by atoms with Crippen LogP contribution < -0.4 is 15.4 Å². The number of nitrogens with one attached hydrogen (secondary N) is 2. The van der Waals surface area contributed by atoms with Crippen molar-refractivity contribution in [3.05, 3.63) is 23.8 Å². The van der Waals surface area contributed by atoms with Crippen molar-refractivity contribution in [2.75, 3.05) is 25.5 Å². The Labute approximate surface area is 136 Å². The Kier molecular flexibility index (Phi) is 5.98. The molecule has 6 nitrogen and oxygen atoms in total. The van der Waals surface area contributed by atoms with Crippen molar-refractivity contribution in [3.8, 4) is 5.75 Å². The van der Waals surface area contributed by atoms with E-state index in [2.05, 4.69) is 10.6 Å². The van der Waals surface area contributed by atoms with Gasteiger partial charge in [0.1, 0.15) is 5.75 Å². The van der Waals surface area contributed by atoms with Crippen LogP contribution in [-0.2, 0) is 9.53 Å². The first kappa shape index (κ1) is 17.3. The number of esters is 1. The fourth-order valence-corrected chi connectivity index (χ4v) is 2.55. The highest BCUT2D eigenvalue weighted by Gasteiger charge is 2.22. The molecule has 0 bridgehead atoms. The van der Waals surface area contributed by atoms with Crippen molar-refractivity contribution in [2.45, 2.75) is 32.8 Å². The number of ether oxygens (including phenoxy) is 2. The molecule has 1 saturated heterocycles. The lowest BCUT2D eigenvalue weighted by molar-refractivity contribution is -0.120. The number of amides is 1. The molecule has 2 rings (SSSR count). The summed E-state index contributed by atoms with van der Waals surface area (Å²) in [5, 5.41) is 6.14. The molecule has 0 aromatic heterocycles. The monoisotopic (exact) mass is 320 g/mol. The highest BCUT2D eigenvalue weighted by molar-refractivity contribution is 5.97. The van der Waals surface area contributed by atoms with Gasteiger partial charge in [-0.15, -0.1) is 0 Å². The van der Waals surface area contributed by atoms with E-state index in [4.69, 9.17) is 9.47 Å². The number of piperidine rings is 1. The summed E-state index contributed by atoms with van der Waals surface area (Å²) in [6.45, 7) is 5.50. The van der Waals surface area contributed by atoms with Crippen molar-refractivity contribution in [2.24, 2.45) is 5.92 Å². The molecule has 0 atom stereocenters. The number of rotatable bonds is 5. The molecule has 0 unspecified atom stereocenters. The summed E-state index contributed by atoms with van der Waals surface area (Å²) in [6.07, 6.45) is 1.58. The summed E-state index contributed by atoms with van der Waals surface area (Å²) >= 11 is 0. The van der Waals surface area contributed by atoms with Crippen LogP contribution in [0.3, 0.4) is 0 Å². The van der Waals surface area contributed by atoms with Crippen LogP contribution in [0.4, 0.5) is 5.69 Å². The minimum absolute atomic E-state index is 0.0232. The normalized spacial score (nSPS) is 15.3. The van der Waals surface area contributed by atoms with Crippen molar-refractivity contribution < 1.29 is 19.1 Å². The largest absolute Gasteiger partial charge is 0.489 e. The van der Waals surface area contributed by atoms with E-state index in [0.29, 0.717) is 17.0 Å². The van der Waals surface area contributed by atoms with Crippen LogP contribution in [0.2, 0.25) is 0 Å². The topological polar surface area (TPSA) is 76.7 Å². The third-order valence-electron chi connectivity index (χ3n) is 3.73. The highest BCUT2D eigenvalue weighted by atomic mass is 16.5. The van der Waals surface area contributed by atoms with Crippen molar-refractivity contribution in [3.63, 3.8) is 0 Å². The summed E-state index contributed by atoms with van der Waals surface area (Å²) < 4.78 is 10.5. The molecule has 1 aliphatic heterocycles. The van der Waals surface area contributed by atoms with Gasteiger partial charge in [0.2, 0.25) is 5.91 Å². The van der Waals surface area contributed by atoms with Gasteiger partial charge in [-0.25, -0.2) is 4.79 Å². The van der Waals surface area contributed by atoms with Crippen LogP contribution in [0.5, 0.6) is 5.75 Å². The number of anilines is 1. The van der Waals surface area contributed by atoms with Crippen LogP contribution in [-0.4, -0.2) is 38.2 Å². The number of methoxy groups -OCH3 is 1. The summed E-state index contributed by atoms with van der Waals surface area (Å²) in [5.41, 5.74) is 0.884. The van der Waals surface area contributed by atoms with E-state index in [1.54, 1.807) is 18.2 Å². The highest BCUT2D eigenvalue weighted by Crippen LogP contribution is 2.28. The number of carbonyl (C=O) groups is 2. The van der Waals surface area contributed by atoms with Gasteiger partial charge in [-0.1, -0.05) is 0 Å².